The summed E-state index contributed by atoms with van der Waals surface area (Å²) in [5, 5.41) is 5.20. The van der Waals surface area contributed by atoms with Crippen LogP contribution in [0.25, 0.3) is 0 Å². The van der Waals surface area contributed by atoms with Gasteiger partial charge >= 0.3 is 0 Å². The molecule has 120 valence electrons. The second-order valence-electron chi connectivity index (χ2n) is 5.76. The number of hydrogen-bond donors (Lipinski definition) is 2. The third kappa shape index (κ3) is 3.59. The van der Waals surface area contributed by atoms with Crippen molar-refractivity contribution in [3.05, 3.63) is 45.9 Å². The minimum absolute atomic E-state index is 0.0919. The molecular formula is C17H17FN2O2S. The van der Waals surface area contributed by atoms with E-state index in [2.05, 4.69) is 16.7 Å². The minimum Gasteiger partial charge on any atom is -0.326 e. The first-order chi connectivity index (χ1) is 10.9. The van der Waals surface area contributed by atoms with Gasteiger partial charge in [0.1, 0.15) is 5.82 Å². The van der Waals surface area contributed by atoms with E-state index in [-0.39, 0.29) is 29.3 Å². The van der Waals surface area contributed by atoms with Crippen LogP contribution in [0.3, 0.4) is 0 Å². The molecule has 1 heterocycles. The summed E-state index contributed by atoms with van der Waals surface area (Å²) < 4.78 is 13.8. The molecule has 2 N–H and O–H groups in total. The van der Waals surface area contributed by atoms with Gasteiger partial charge < -0.3 is 10.6 Å². The van der Waals surface area contributed by atoms with Crippen molar-refractivity contribution in [2.45, 2.75) is 26.2 Å². The Hall–Kier alpha value is -2.21. The van der Waals surface area contributed by atoms with Crippen molar-refractivity contribution in [2.75, 3.05) is 10.6 Å². The zero-order valence-electron chi connectivity index (χ0n) is 12.9. The molecular weight excluding hydrogens is 315 g/mol. The van der Waals surface area contributed by atoms with Gasteiger partial charge in [-0.15, -0.1) is 11.3 Å². The minimum atomic E-state index is -0.517. The van der Waals surface area contributed by atoms with Crippen molar-refractivity contribution in [3.63, 3.8) is 0 Å². The molecule has 1 aliphatic rings. The standard InChI is InChI=1S/C17H17FN2O2S/c1-9-3-6-16(23-9)12-8-13(12)17(22)20-15-7-11(19-10(2)21)4-5-14(15)18/h3-7,12-13H,8H2,1-2H3,(H,19,21)(H,20,22). The number of carbonyl (C=O) groups is 2. The number of thiophene rings is 1. The molecule has 1 fully saturated rings. The normalized spacial score (nSPS) is 19.3. The third-order valence-corrected chi connectivity index (χ3v) is 4.93. The summed E-state index contributed by atoms with van der Waals surface area (Å²) in [6.45, 7) is 3.41. The highest BCUT2D eigenvalue weighted by Crippen LogP contribution is 2.50. The van der Waals surface area contributed by atoms with E-state index >= 15 is 0 Å². The molecule has 2 amide bonds. The highest BCUT2D eigenvalue weighted by atomic mass is 32.1. The van der Waals surface area contributed by atoms with E-state index in [1.807, 2.05) is 13.0 Å². The van der Waals surface area contributed by atoms with Gasteiger partial charge in [-0.05, 0) is 43.7 Å². The van der Waals surface area contributed by atoms with Gasteiger partial charge in [0.25, 0.3) is 0 Å². The number of carbonyl (C=O) groups excluding carboxylic acids is 2. The molecule has 2 unspecified atom stereocenters. The van der Waals surface area contributed by atoms with E-state index in [9.17, 15) is 14.0 Å². The third-order valence-electron chi connectivity index (χ3n) is 3.80. The van der Waals surface area contributed by atoms with Gasteiger partial charge in [-0.25, -0.2) is 4.39 Å². The van der Waals surface area contributed by atoms with Gasteiger partial charge in [-0.3, -0.25) is 9.59 Å². The van der Waals surface area contributed by atoms with Gasteiger partial charge in [0.15, 0.2) is 0 Å². The first-order valence-corrected chi connectivity index (χ1v) is 8.20. The van der Waals surface area contributed by atoms with Crippen molar-refractivity contribution in [3.8, 4) is 0 Å². The maximum absolute atomic E-state index is 13.8. The van der Waals surface area contributed by atoms with Crippen LogP contribution < -0.4 is 10.6 Å². The van der Waals surface area contributed by atoms with Crippen LogP contribution >= 0.6 is 11.3 Å². The fourth-order valence-electron chi connectivity index (χ4n) is 2.58. The summed E-state index contributed by atoms with van der Waals surface area (Å²) in [4.78, 5) is 25.8. The lowest BCUT2D eigenvalue weighted by atomic mass is 10.2. The molecule has 1 aromatic carbocycles. The molecule has 1 aromatic heterocycles. The molecule has 4 nitrogen and oxygen atoms in total. The lowest BCUT2D eigenvalue weighted by Gasteiger charge is -2.09. The van der Waals surface area contributed by atoms with Gasteiger partial charge in [0, 0.05) is 34.2 Å². The van der Waals surface area contributed by atoms with Gasteiger partial charge in [-0.1, -0.05) is 0 Å². The van der Waals surface area contributed by atoms with Crippen molar-refractivity contribution >= 4 is 34.5 Å². The summed E-state index contributed by atoms with van der Waals surface area (Å²) in [6, 6.07) is 8.22. The molecule has 0 radical (unpaired) electrons. The SMILES string of the molecule is CC(=O)Nc1ccc(F)c(NC(=O)C2CC2c2ccc(C)s2)c1. The number of rotatable bonds is 4. The van der Waals surface area contributed by atoms with Crippen LogP contribution in [-0.4, -0.2) is 11.8 Å². The number of benzene rings is 1. The van der Waals surface area contributed by atoms with E-state index in [4.69, 9.17) is 0 Å². The summed E-state index contributed by atoms with van der Waals surface area (Å²) in [5.41, 5.74) is 0.546. The number of anilines is 2. The predicted molar refractivity (Wildman–Crippen MR) is 89.2 cm³/mol. The smallest absolute Gasteiger partial charge is 0.228 e. The Morgan fingerprint density at radius 1 is 1.22 bits per heavy atom. The summed E-state index contributed by atoms with van der Waals surface area (Å²) in [6.07, 6.45) is 0.790. The van der Waals surface area contributed by atoms with E-state index < -0.39 is 5.82 Å². The quantitative estimate of drug-likeness (QED) is 0.892. The Morgan fingerprint density at radius 2 is 2.00 bits per heavy atom. The molecule has 2 aromatic rings. The molecule has 1 aliphatic carbocycles. The van der Waals surface area contributed by atoms with Gasteiger partial charge in [0.2, 0.25) is 11.8 Å². The molecule has 2 atom stereocenters. The monoisotopic (exact) mass is 332 g/mol. The molecule has 23 heavy (non-hydrogen) atoms. The lowest BCUT2D eigenvalue weighted by Crippen LogP contribution is -2.16. The largest absolute Gasteiger partial charge is 0.326 e. The molecule has 0 spiro atoms. The molecule has 0 saturated heterocycles. The Balaban J connectivity index is 1.68. The van der Waals surface area contributed by atoms with Crippen LogP contribution in [0.15, 0.2) is 30.3 Å². The van der Waals surface area contributed by atoms with E-state index in [0.29, 0.717) is 5.69 Å². The number of amides is 2. The number of hydrogen-bond acceptors (Lipinski definition) is 3. The maximum atomic E-state index is 13.8. The Morgan fingerprint density at radius 3 is 2.65 bits per heavy atom. The van der Waals surface area contributed by atoms with Crippen molar-refractivity contribution in [1.29, 1.82) is 0 Å². The molecule has 6 heteroatoms. The zero-order valence-corrected chi connectivity index (χ0v) is 13.7. The maximum Gasteiger partial charge on any atom is 0.228 e. The van der Waals surface area contributed by atoms with Gasteiger partial charge in [0.05, 0.1) is 5.69 Å². The Labute approximate surface area is 137 Å². The van der Waals surface area contributed by atoms with Crippen molar-refractivity contribution < 1.29 is 14.0 Å². The van der Waals surface area contributed by atoms with E-state index in [1.165, 1.54) is 34.9 Å². The fourth-order valence-corrected chi connectivity index (χ4v) is 3.64. The van der Waals surface area contributed by atoms with E-state index in [0.717, 1.165) is 6.42 Å². The molecule has 1 saturated carbocycles. The van der Waals surface area contributed by atoms with Crippen LogP contribution in [0, 0.1) is 18.7 Å². The van der Waals surface area contributed by atoms with Crippen molar-refractivity contribution in [1.82, 2.24) is 0 Å². The highest BCUT2D eigenvalue weighted by molar-refractivity contribution is 7.12. The second kappa shape index (κ2) is 6.12. The van der Waals surface area contributed by atoms with E-state index in [1.54, 1.807) is 11.3 Å². The second-order valence-corrected chi connectivity index (χ2v) is 7.08. The van der Waals surface area contributed by atoms with Crippen LogP contribution in [-0.2, 0) is 9.59 Å². The van der Waals surface area contributed by atoms with Crippen molar-refractivity contribution in [2.24, 2.45) is 5.92 Å². The van der Waals surface area contributed by atoms with Crippen LogP contribution in [0.4, 0.5) is 15.8 Å². The van der Waals surface area contributed by atoms with Crippen LogP contribution in [0.5, 0.6) is 0 Å². The Kier molecular flexibility index (Phi) is 4.17. The first-order valence-electron chi connectivity index (χ1n) is 7.38. The van der Waals surface area contributed by atoms with Crippen LogP contribution in [0.1, 0.15) is 29.0 Å². The average molecular weight is 332 g/mol. The summed E-state index contributed by atoms with van der Waals surface area (Å²) in [7, 11) is 0. The number of nitrogens with one attached hydrogen (secondary N) is 2. The number of halogens is 1. The summed E-state index contributed by atoms with van der Waals surface area (Å²) in [5.74, 6) is -0.826. The first kappa shape index (κ1) is 15.7. The predicted octanol–water partition coefficient (Wildman–Crippen LogP) is 3.90. The molecule has 3 rings (SSSR count). The average Bonchev–Trinajstić information content (AvgIpc) is 3.17. The zero-order chi connectivity index (χ0) is 16.6. The van der Waals surface area contributed by atoms with Crippen LogP contribution in [0.2, 0.25) is 0 Å². The fraction of sp³-hybridized carbons (Fsp3) is 0.294. The topological polar surface area (TPSA) is 58.2 Å². The summed E-state index contributed by atoms with van der Waals surface area (Å²) >= 11 is 1.70. The highest BCUT2D eigenvalue weighted by Gasteiger charge is 2.44. The number of aryl methyl sites for hydroxylation is 1. The molecule has 0 aliphatic heterocycles. The Bertz CT molecular complexity index is 772. The molecule has 0 bridgehead atoms. The lowest BCUT2D eigenvalue weighted by molar-refractivity contribution is -0.117. The van der Waals surface area contributed by atoms with Gasteiger partial charge in [-0.2, -0.15) is 0 Å².